The van der Waals surface area contributed by atoms with Gasteiger partial charge in [-0.25, -0.2) is 4.39 Å². The van der Waals surface area contributed by atoms with Crippen molar-refractivity contribution in [1.82, 2.24) is 0 Å². The summed E-state index contributed by atoms with van der Waals surface area (Å²) in [5, 5.41) is 5.80. The molecule has 0 aromatic heterocycles. The SMILES string of the molecule is CC(C)CC1CNc2cccc(F)c2NC1=O. The number of halogens is 1. The molecular formula is C13H17FN2O. The fourth-order valence-corrected chi connectivity index (χ4v) is 2.11. The predicted molar refractivity (Wildman–Crippen MR) is 66.5 cm³/mol. The largest absolute Gasteiger partial charge is 0.382 e. The zero-order valence-corrected chi connectivity index (χ0v) is 10.1. The molecule has 0 fully saturated rings. The summed E-state index contributed by atoms with van der Waals surface area (Å²) in [6.45, 7) is 4.71. The first-order valence-corrected chi connectivity index (χ1v) is 5.91. The topological polar surface area (TPSA) is 41.1 Å². The van der Waals surface area contributed by atoms with E-state index in [2.05, 4.69) is 24.5 Å². The van der Waals surface area contributed by atoms with Crippen molar-refractivity contribution >= 4 is 17.3 Å². The van der Waals surface area contributed by atoms with Crippen LogP contribution in [0.25, 0.3) is 0 Å². The van der Waals surface area contributed by atoms with Crippen LogP contribution in [0.4, 0.5) is 15.8 Å². The van der Waals surface area contributed by atoms with Crippen molar-refractivity contribution in [2.75, 3.05) is 17.2 Å². The van der Waals surface area contributed by atoms with Gasteiger partial charge >= 0.3 is 0 Å². The number of carbonyl (C=O) groups is 1. The molecule has 1 heterocycles. The highest BCUT2D eigenvalue weighted by molar-refractivity contribution is 5.97. The Kier molecular flexibility index (Phi) is 3.31. The van der Waals surface area contributed by atoms with Gasteiger partial charge in [0.25, 0.3) is 0 Å². The second-order valence-corrected chi connectivity index (χ2v) is 4.86. The van der Waals surface area contributed by atoms with Crippen molar-refractivity contribution in [1.29, 1.82) is 0 Å². The van der Waals surface area contributed by atoms with E-state index in [1.807, 2.05) is 0 Å². The number of amides is 1. The Morgan fingerprint density at radius 2 is 2.24 bits per heavy atom. The maximum absolute atomic E-state index is 13.6. The monoisotopic (exact) mass is 236 g/mol. The van der Waals surface area contributed by atoms with Crippen LogP contribution in [0.2, 0.25) is 0 Å². The summed E-state index contributed by atoms with van der Waals surface area (Å²) in [5.74, 6) is -0.163. The Bertz CT molecular complexity index is 431. The van der Waals surface area contributed by atoms with Crippen LogP contribution in [0, 0.1) is 17.7 Å². The van der Waals surface area contributed by atoms with Gasteiger partial charge in [0.15, 0.2) is 0 Å². The van der Waals surface area contributed by atoms with E-state index >= 15 is 0 Å². The molecule has 1 aromatic carbocycles. The lowest BCUT2D eigenvalue weighted by atomic mass is 9.96. The molecule has 0 spiro atoms. The molecule has 0 saturated carbocycles. The van der Waals surface area contributed by atoms with Crippen LogP contribution in [0.5, 0.6) is 0 Å². The number of hydrogen-bond acceptors (Lipinski definition) is 2. The van der Waals surface area contributed by atoms with E-state index in [-0.39, 0.29) is 17.5 Å². The minimum Gasteiger partial charge on any atom is -0.382 e. The highest BCUT2D eigenvalue weighted by Gasteiger charge is 2.25. The lowest BCUT2D eigenvalue weighted by Gasteiger charge is -2.15. The van der Waals surface area contributed by atoms with E-state index in [4.69, 9.17) is 0 Å². The average Bonchev–Trinajstić information content (AvgIpc) is 2.41. The number of para-hydroxylation sites is 1. The number of rotatable bonds is 2. The molecule has 1 aliphatic heterocycles. The van der Waals surface area contributed by atoms with Crippen LogP contribution in [-0.4, -0.2) is 12.5 Å². The van der Waals surface area contributed by atoms with E-state index < -0.39 is 5.82 Å². The van der Waals surface area contributed by atoms with E-state index in [9.17, 15) is 9.18 Å². The number of benzene rings is 1. The van der Waals surface area contributed by atoms with Gasteiger partial charge in [-0.05, 0) is 24.5 Å². The van der Waals surface area contributed by atoms with Crippen LogP contribution in [0.15, 0.2) is 18.2 Å². The van der Waals surface area contributed by atoms with Crippen molar-refractivity contribution in [2.24, 2.45) is 11.8 Å². The molecule has 1 aromatic rings. The Morgan fingerprint density at radius 3 is 2.94 bits per heavy atom. The van der Waals surface area contributed by atoms with E-state index in [1.165, 1.54) is 6.07 Å². The first kappa shape index (κ1) is 11.9. The van der Waals surface area contributed by atoms with Gasteiger partial charge in [-0.1, -0.05) is 19.9 Å². The molecule has 3 nitrogen and oxygen atoms in total. The van der Waals surface area contributed by atoms with Gasteiger partial charge in [-0.15, -0.1) is 0 Å². The molecule has 1 atom stereocenters. The quantitative estimate of drug-likeness (QED) is 0.829. The maximum Gasteiger partial charge on any atom is 0.229 e. The average molecular weight is 236 g/mol. The summed E-state index contributed by atoms with van der Waals surface area (Å²) in [7, 11) is 0. The highest BCUT2D eigenvalue weighted by atomic mass is 19.1. The molecule has 2 N–H and O–H groups in total. The Balaban J connectivity index is 2.22. The predicted octanol–water partition coefficient (Wildman–Crippen LogP) is 2.85. The number of carbonyl (C=O) groups excluding carboxylic acids is 1. The third kappa shape index (κ3) is 2.57. The second-order valence-electron chi connectivity index (χ2n) is 4.86. The molecule has 0 saturated heterocycles. The first-order valence-electron chi connectivity index (χ1n) is 5.91. The van der Waals surface area contributed by atoms with Crippen molar-refractivity contribution in [3.8, 4) is 0 Å². The lowest BCUT2D eigenvalue weighted by molar-refractivity contribution is -0.119. The third-order valence-electron chi connectivity index (χ3n) is 2.93. The normalized spacial score (nSPS) is 19.3. The Hall–Kier alpha value is -1.58. The fourth-order valence-electron chi connectivity index (χ4n) is 2.11. The first-order chi connectivity index (χ1) is 8.08. The molecule has 0 radical (unpaired) electrons. The molecule has 0 aliphatic carbocycles. The molecule has 17 heavy (non-hydrogen) atoms. The van der Waals surface area contributed by atoms with E-state index in [0.29, 0.717) is 18.2 Å². The maximum atomic E-state index is 13.6. The van der Waals surface area contributed by atoms with Crippen LogP contribution in [0.3, 0.4) is 0 Å². The standard InChI is InChI=1S/C13H17FN2O/c1-8(2)6-9-7-15-11-5-3-4-10(14)12(11)16-13(9)17/h3-5,8-9,15H,6-7H2,1-2H3,(H,16,17). The molecule has 0 bridgehead atoms. The minimum absolute atomic E-state index is 0.102. The van der Waals surface area contributed by atoms with Crippen LogP contribution < -0.4 is 10.6 Å². The Morgan fingerprint density at radius 1 is 1.47 bits per heavy atom. The van der Waals surface area contributed by atoms with Gasteiger partial charge < -0.3 is 10.6 Å². The summed E-state index contributed by atoms with van der Waals surface area (Å²) < 4.78 is 13.6. The summed E-state index contributed by atoms with van der Waals surface area (Å²) in [6.07, 6.45) is 0.800. The molecule has 2 rings (SSSR count). The summed E-state index contributed by atoms with van der Waals surface area (Å²) in [4.78, 5) is 11.9. The number of anilines is 2. The zero-order chi connectivity index (χ0) is 12.4. The lowest BCUT2D eigenvalue weighted by Crippen LogP contribution is -2.27. The van der Waals surface area contributed by atoms with E-state index in [0.717, 1.165) is 6.42 Å². The van der Waals surface area contributed by atoms with Gasteiger partial charge in [-0.2, -0.15) is 0 Å². The highest BCUT2D eigenvalue weighted by Crippen LogP contribution is 2.29. The van der Waals surface area contributed by atoms with Crippen LogP contribution in [-0.2, 0) is 4.79 Å². The third-order valence-corrected chi connectivity index (χ3v) is 2.93. The molecule has 92 valence electrons. The molecular weight excluding hydrogens is 219 g/mol. The Labute approximate surface area is 100 Å². The number of hydrogen-bond donors (Lipinski definition) is 2. The second kappa shape index (κ2) is 4.73. The van der Waals surface area contributed by atoms with Crippen LogP contribution >= 0.6 is 0 Å². The molecule has 1 aliphatic rings. The molecule has 1 unspecified atom stereocenters. The number of fused-ring (bicyclic) bond motifs is 1. The van der Waals surface area contributed by atoms with Gasteiger partial charge in [0.1, 0.15) is 11.5 Å². The minimum atomic E-state index is -0.395. The summed E-state index contributed by atoms with van der Waals surface area (Å²) in [5.41, 5.74) is 0.924. The van der Waals surface area contributed by atoms with Gasteiger partial charge in [0, 0.05) is 6.54 Å². The summed E-state index contributed by atoms with van der Waals surface area (Å²) >= 11 is 0. The number of nitrogens with one attached hydrogen (secondary N) is 2. The molecule has 1 amide bonds. The molecule has 4 heteroatoms. The van der Waals surface area contributed by atoms with E-state index in [1.54, 1.807) is 12.1 Å². The van der Waals surface area contributed by atoms with Gasteiger partial charge in [0.2, 0.25) is 5.91 Å². The summed E-state index contributed by atoms with van der Waals surface area (Å²) in [6, 6.07) is 4.76. The van der Waals surface area contributed by atoms with Crippen LogP contribution in [0.1, 0.15) is 20.3 Å². The zero-order valence-electron chi connectivity index (χ0n) is 10.1. The fraction of sp³-hybridized carbons (Fsp3) is 0.462. The van der Waals surface area contributed by atoms with Gasteiger partial charge in [0.05, 0.1) is 11.6 Å². The van der Waals surface area contributed by atoms with Crippen molar-refractivity contribution < 1.29 is 9.18 Å². The van der Waals surface area contributed by atoms with Crippen molar-refractivity contribution in [3.63, 3.8) is 0 Å². The van der Waals surface area contributed by atoms with Crippen molar-refractivity contribution in [2.45, 2.75) is 20.3 Å². The smallest absolute Gasteiger partial charge is 0.229 e. The van der Waals surface area contributed by atoms with Gasteiger partial charge in [-0.3, -0.25) is 4.79 Å². The van der Waals surface area contributed by atoms with Crippen molar-refractivity contribution in [3.05, 3.63) is 24.0 Å².